The summed E-state index contributed by atoms with van der Waals surface area (Å²) in [6.07, 6.45) is 7.68. The molecule has 2 aromatic rings. The maximum absolute atomic E-state index is 12.9. The summed E-state index contributed by atoms with van der Waals surface area (Å²) < 4.78 is 0. The van der Waals surface area contributed by atoms with Crippen LogP contribution in [0.15, 0.2) is 24.4 Å². The highest BCUT2D eigenvalue weighted by molar-refractivity contribution is 5.89. The largest absolute Gasteiger partial charge is 0.339 e. The minimum Gasteiger partial charge on any atom is -0.339 e. The van der Waals surface area contributed by atoms with Gasteiger partial charge < -0.3 is 9.80 Å². The lowest BCUT2D eigenvalue weighted by molar-refractivity contribution is -0.135. The number of nitrogens with zero attached hydrogens (tertiary/aromatic N) is 4. The molecule has 1 aliphatic carbocycles. The molecule has 7 nitrogen and oxygen atoms in total. The van der Waals surface area contributed by atoms with Gasteiger partial charge in [-0.3, -0.25) is 19.7 Å². The van der Waals surface area contributed by atoms with Crippen molar-refractivity contribution >= 4 is 11.8 Å². The number of aryl methyl sites for hydroxylation is 1. The topological polar surface area (TPSA) is 82.2 Å². The molecule has 1 saturated heterocycles. The summed E-state index contributed by atoms with van der Waals surface area (Å²) in [5, 5.41) is 7.63. The smallest absolute Gasteiger partial charge is 0.228 e. The van der Waals surface area contributed by atoms with Crippen LogP contribution in [0.1, 0.15) is 48.3 Å². The molecule has 1 unspecified atom stereocenters. The number of aromatic nitrogens is 3. The van der Waals surface area contributed by atoms with Crippen molar-refractivity contribution in [3.05, 3.63) is 47.0 Å². The van der Waals surface area contributed by atoms with Crippen molar-refractivity contribution in [3.63, 3.8) is 0 Å². The molecule has 2 amide bonds. The fourth-order valence-corrected chi connectivity index (χ4v) is 4.25. The van der Waals surface area contributed by atoms with Crippen molar-refractivity contribution in [1.82, 2.24) is 25.0 Å². The molecule has 148 valence electrons. The molecule has 1 aliphatic heterocycles. The van der Waals surface area contributed by atoms with Crippen LogP contribution >= 0.6 is 0 Å². The lowest BCUT2D eigenvalue weighted by atomic mass is 10.1. The van der Waals surface area contributed by atoms with E-state index in [0.717, 1.165) is 24.2 Å². The van der Waals surface area contributed by atoms with Gasteiger partial charge in [-0.15, -0.1) is 0 Å². The quantitative estimate of drug-likeness (QED) is 0.804. The van der Waals surface area contributed by atoms with Gasteiger partial charge >= 0.3 is 0 Å². The number of hydrogen-bond acceptors (Lipinski definition) is 4. The number of rotatable bonds is 5. The van der Waals surface area contributed by atoms with E-state index in [4.69, 9.17) is 0 Å². The van der Waals surface area contributed by atoms with E-state index in [9.17, 15) is 9.59 Å². The lowest BCUT2D eigenvalue weighted by Crippen LogP contribution is -2.34. The zero-order valence-corrected chi connectivity index (χ0v) is 16.4. The van der Waals surface area contributed by atoms with E-state index >= 15 is 0 Å². The summed E-state index contributed by atoms with van der Waals surface area (Å²) in [4.78, 5) is 33.1. The van der Waals surface area contributed by atoms with Gasteiger partial charge in [0.05, 0.1) is 30.4 Å². The second-order valence-electron chi connectivity index (χ2n) is 7.88. The first-order valence-electron chi connectivity index (χ1n) is 10.1. The SMILES string of the molecule is CN(Cc1n[nH]c2c1CCCCC2)C(=O)C1CC(=O)N(Cc2ccccn2)C1. The fourth-order valence-electron chi connectivity index (χ4n) is 4.25. The third kappa shape index (κ3) is 3.93. The van der Waals surface area contributed by atoms with Crippen LogP contribution in [0.5, 0.6) is 0 Å². The second-order valence-corrected chi connectivity index (χ2v) is 7.88. The van der Waals surface area contributed by atoms with E-state index in [-0.39, 0.29) is 24.2 Å². The van der Waals surface area contributed by atoms with Gasteiger partial charge in [0.25, 0.3) is 0 Å². The third-order valence-corrected chi connectivity index (χ3v) is 5.80. The summed E-state index contributed by atoms with van der Waals surface area (Å²) in [6.45, 7) is 1.41. The number of carbonyl (C=O) groups excluding carboxylic acids is 2. The Labute approximate surface area is 165 Å². The van der Waals surface area contributed by atoms with Crippen molar-refractivity contribution in [1.29, 1.82) is 0 Å². The van der Waals surface area contributed by atoms with Gasteiger partial charge in [0, 0.05) is 31.9 Å². The van der Waals surface area contributed by atoms with Crippen LogP contribution < -0.4 is 0 Å². The Morgan fingerprint density at radius 2 is 2.14 bits per heavy atom. The number of hydrogen-bond donors (Lipinski definition) is 1. The summed E-state index contributed by atoms with van der Waals surface area (Å²) in [7, 11) is 1.81. The van der Waals surface area contributed by atoms with E-state index in [1.807, 2.05) is 25.2 Å². The van der Waals surface area contributed by atoms with Crippen molar-refractivity contribution in [2.75, 3.05) is 13.6 Å². The van der Waals surface area contributed by atoms with E-state index < -0.39 is 0 Å². The lowest BCUT2D eigenvalue weighted by Gasteiger charge is -2.21. The predicted octanol–water partition coefficient (Wildman–Crippen LogP) is 2.08. The molecule has 0 radical (unpaired) electrons. The first-order chi connectivity index (χ1) is 13.6. The Bertz CT molecular complexity index is 848. The number of likely N-dealkylation sites (tertiary alicyclic amines) is 1. The molecular formula is C21H27N5O2. The molecule has 1 N–H and O–H groups in total. The maximum atomic E-state index is 12.9. The highest BCUT2D eigenvalue weighted by Crippen LogP contribution is 2.25. The molecule has 0 saturated carbocycles. The Morgan fingerprint density at radius 1 is 1.29 bits per heavy atom. The normalized spacial score (nSPS) is 19.4. The van der Waals surface area contributed by atoms with Gasteiger partial charge in [0.15, 0.2) is 0 Å². The van der Waals surface area contributed by atoms with Gasteiger partial charge in [0.2, 0.25) is 11.8 Å². The molecule has 3 heterocycles. The van der Waals surface area contributed by atoms with Gasteiger partial charge in [-0.2, -0.15) is 5.10 Å². The van der Waals surface area contributed by atoms with Gasteiger partial charge in [-0.25, -0.2) is 0 Å². The Balaban J connectivity index is 1.38. The van der Waals surface area contributed by atoms with E-state index in [0.29, 0.717) is 19.6 Å². The monoisotopic (exact) mass is 381 g/mol. The molecule has 0 spiro atoms. The number of amides is 2. The summed E-state index contributed by atoms with van der Waals surface area (Å²) in [6, 6.07) is 5.66. The summed E-state index contributed by atoms with van der Waals surface area (Å²) in [5.74, 6) is -0.257. The third-order valence-electron chi connectivity index (χ3n) is 5.80. The molecule has 2 aromatic heterocycles. The Morgan fingerprint density at radius 3 is 2.96 bits per heavy atom. The molecule has 0 aromatic carbocycles. The standard InChI is InChI=1S/C21H27N5O2/c1-25(14-19-17-8-3-2-4-9-18(17)23-24-19)21(28)15-11-20(27)26(12-15)13-16-7-5-6-10-22-16/h5-7,10,15H,2-4,8-9,11-14H2,1H3,(H,23,24). The number of pyridine rings is 1. The molecular weight excluding hydrogens is 354 g/mol. The molecule has 7 heteroatoms. The highest BCUT2D eigenvalue weighted by atomic mass is 16.2. The summed E-state index contributed by atoms with van der Waals surface area (Å²) in [5.41, 5.74) is 4.33. The van der Waals surface area contributed by atoms with Crippen LogP contribution in [0.3, 0.4) is 0 Å². The predicted molar refractivity (Wildman–Crippen MR) is 104 cm³/mol. The zero-order valence-electron chi connectivity index (χ0n) is 16.4. The number of carbonyl (C=O) groups is 2. The highest BCUT2D eigenvalue weighted by Gasteiger charge is 2.36. The number of H-pyrrole nitrogens is 1. The van der Waals surface area contributed by atoms with Crippen LogP contribution in [-0.4, -0.2) is 50.4 Å². The minimum absolute atomic E-state index is 0.0160. The van der Waals surface area contributed by atoms with Crippen molar-refractivity contribution in [3.8, 4) is 0 Å². The number of nitrogens with one attached hydrogen (secondary N) is 1. The minimum atomic E-state index is -0.293. The zero-order chi connectivity index (χ0) is 19.5. The van der Waals surface area contributed by atoms with Crippen LogP contribution in [0, 0.1) is 5.92 Å². The molecule has 1 fully saturated rings. The summed E-state index contributed by atoms with van der Waals surface area (Å²) >= 11 is 0. The molecule has 2 aliphatic rings. The molecule has 28 heavy (non-hydrogen) atoms. The first-order valence-corrected chi connectivity index (χ1v) is 10.1. The van der Waals surface area contributed by atoms with Gasteiger partial charge in [-0.05, 0) is 43.4 Å². The first kappa shape index (κ1) is 18.7. The maximum Gasteiger partial charge on any atom is 0.228 e. The number of fused-ring (bicyclic) bond motifs is 1. The van der Waals surface area contributed by atoms with E-state index in [1.54, 1.807) is 16.0 Å². The van der Waals surface area contributed by atoms with Gasteiger partial charge in [-0.1, -0.05) is 12.5 Å². The van der Waals surface area contributed by atoms with Crippen molar-refractivity contribution < 1.29 is 9.59 Å². The van der Waals surface area contributed by atoms with Gasteiger partial charge in [0.1, 0.15) is 0 Å². The molecule has 0 bridgehead atoms. The fraction of sp³-hybridized carbons (Fsp3) is 0.524. The van der Waals surface area contributed by atoms with Crippen LogP contribution in [-0.2, 0) is 35.5 Å². The van der Waals surface area contributed by atoms with Crippen LogP contribution in [0.25, 0.3) is 0 Å². The molecule has 4 rings (SSSR count). The Kier molecular flexibility index (Phi) is 5.41. The average Bonchev–Trinajstić information content (AvgIpc) is 3.16. The second kappa shape index (κ2) is 8.12. The van der Waals surface area contributed by atoms with Crippen LogP contribution in [0.4, 0.5) is 0 Å². The average molecular weight is 381 g/mol. The van der Waals surface area contributed by atoms with E-state index in [1.165, 1.54) is 30.5 Å². The number of aromatic amines is 1. The molecule has 1 atom stereocenters. The van der Waals surface area contributed by atoms with E-state index in [2.05, 4.69) is 15.2 Å². The Hall–Kier alpha value is -2.70. The van der Waals surface area contributed by atoms with Crippen molar-refractivity contribution in [2.45, 2.75) is 51.6 Å². The van der Waals surface area contributed by atoms with Crippen molar-refractivity contribution in [2.24, 2.45) is 5.92 Å². The van der Waals surface area contributed by atoms with Crippen LogP contribution in [0.2, 0.25) is 0 Å².